The van der Waals surface area contributed by atoms with Crippen molar-refractivity contribution in [2.24, 2.45) is 5.73 Å². The number of hydrogen-bond donors (Lipinski definition) is 2. The largest absolute Gasteiger partial charge is 0.350 e. The minimum Gasteiger partial charge on any atom is -0.350 e. The van der Waals surface area contributed by atoms with E-state index >= 15 is 0 Å². The topological polar surface area (TPSA) is 55.1 Å². The Balaban J connectivity index is 2.65. The van der Waals surface area contributed by atoms with Gasteiger partial charge in [0.2, 0.25) is 5.91 Å². The molecule has 1 aromatic rings. The number of nitrogens with one attached hydrogen (secondary N) is 1. The van der Waals surface area contributed by atoms with Crippen LogP contribution in [0.1, 0.15) is 45.2 Å². The second kappa shape index (κ2) is 5.82. The Kier molecular flexibility index (Phi) is 4.70. The Morgan fingerprint density at radius 3 is 2.47 bits per heavy atom. The van der Waals surface area contributed by atoms with Crippen molar-refractivity contribution < 1.29 is 4.79 Å². The first-order valence-electron chi connectivity index (χ1n) is 6.09. The summed E-state index contributed by atoms with van der Waals surface area (Å²) >= 11 is 0. The summed E-state index contributed by atoms with van der Waals surface area (Å²) in [6.07, 6.45) is 1.98. The highest BCUT2D eigenvalue weighted by molar-refractivity contribution is 5.83. The maximum atomic E-state index is 12.0. The summed E-state index contributed by atoms with van der Waals surface area (Å²) < 4.78 is 0. The Hall–Kier alpha value is -1.35. The van der Waals surface area contributed by atoms with E-state index in [0.717, 1.165) is 18.4 Å². The molecule has 0 spiro atoms. The van der Waals surface area contributed by atoms with Crippen LogP contribution in [-0.2, 0) is 4.79 Å². The van der Waals surface area contributed by atoms with Crippen molar-refractivity contribution in [2.75, 3.05) is 0 Å². The van der Waals surface area contributed by atoms with Crippen LogP contribution < -0.4 is 11.1 Å². The number of carbonyl (C=O) groups excluding carboxylic acids is 1. The number of rotatable bonds is 5. The first-order chi connectivity index (χ1) is 7.96. The van der Waals surface area contributed by atoms with Gasteiger partial charge in [0.25, 0.3) is 0 Å². The van der Waals surface area contributed by atoms with Gasteiger partial charge < -0.3 is 11.1 Å². The van der Waals surface area contributed by atoms with Gasteiger partial charge in [-0.25, -0.2) is 0 Å². The minimum absolute atomic E-state index is 0.116. The van der Waals surface area contributed by atoms with E-state index in [9.17, 15) is 4.79 Å². The van der Waals surface area contributed by atoms with Gasteiger partial charge >= 0.3 is 0 Å². The van der Waals surface area contributed by atoms with Crippen LogP contribution in [0.5, 0.6) is 0 Å². The maximum absolute atomic E-state index is 12.0. The third-order valence-electron chi connectivity index (χ3n) is 2.78. The number of hydrogen-bond acceptors (Lipinski definition) is 2. The van der Waals surface area contributed by atoms with Crippen LogP contribution in [0.25, 0.3) is 0 Å². The van der Waals surface area contributed by atoms with Crippen LogP contribution >= 0.6 is 0 Å². The van der Waals surface area contributed by atoms with Gasteiger partial charge in [-0.2, -0.15) is 0 Å². The quantitative estimate of drug-likeness (QED) is 0.822. The average molecular weight is 234 g/mol. The van der Waals surface area contributed by atoms with E-state index in [0.29, 0.717) is 0 Å². The first kappa shape index (κ1) is 13.7. The zero-order chi connectivity index (χ0) is 12.9. The molecule has 3 heteroatoms. The Bertz CT molecular complexity index is 360. The molecule has 0 bridgehead atoms. The van der Waals surface area contributed by atoms with E-state index in [1.54, 1.807) is 0 Å². The van der Waals surface area contributed by atoms with E-state index in [2.05, 4.69) is 12.2 Å². The summed E-state index contributed by atoms with van der Waals surface area (Å²) in [5.74, 6) is -0.116. The van der Waals surface area contributed by atoms with Crippen molar-refractivity contribution in [3.05, 3.63) is 35.9 Å². The SMILES string of the molecule is CCCC(C)(C)NC(=O)C(N)c1ccccc1. The van der Waals surface area contributed by atoms with E-state index in [-0.39, 0.29) is 11.4 Å². The molecule has 1 unspecified atom stereocenters. The van der Waals surface area contributed by atoms with E-state index in [1.807, 2.05) is 44.2 Å². The van der Waals surface area contributed by atoms with Gasteiger partial charge in [-0.15, -0.1) is 0 Å². The molecule has 3 nitrogen and oxygen atoms in total. The van der Waals surface area contributed by atoms with Gasteiger partial charge in [0.05, 0.1) is 0 Å². The summed E-state index contributed by atoms with van der Waals surface area (Å²) in [5.41, 5.74) is 6.58. The van der Waals surface area contributed by atoms with Gasteiger partial charge in [-0.1, -0.05) is 43.7 Å². The van der Waals surface area contributed by atoms with Crippen LogP contribution in [0, 0.1) is 0 Å². The molecule has 3 N–H and O–H groups in total. The van der Waals surface area contributed by atoms with Crippen molar-refractivity contribution in [2.45, 2.75) is 45.2 Å². The van der Waals surface area contributed by atoms with E-state index < -0.39 is 6.04 Å². The first-order valence-corrected chi connectivity index (χ1v) is 6.09. The molecular weight excluding hydrogens is 212 g/mol. The molecule has 0 aliphatic rings. The lowest BCUT2D eigenvalue weighted by molar-refractivity contribution is -0.124. The third kappa shape index (κ3) is 4.19. The molecule has 1 aromatic carbocycles. The second-order valence-electron chi connectivity index (χ2n) is 5.01. The lowest BCUT2D eigenvalue weighted by Crippen LogP contribution is -2.47. The number of carbonyl (C=O) groups is 1. The number of amides is 1. The van der Waals surface area contributed by atoms with Crippen molar-refractivity contribution in [3.63, 3.8) is 0 Å². The minimum atomic E-state index is -0.590. The summed E-state index contributed by atoms with van der Waals surface area (Å²) in [6.45, 7) is 6.14. The van der Waals surface area contributed by atoms with E-state index in [4.69, 9.17) is 5.73 Å². The molecule has 0 radical (unpaired) electrons. The van der Waals surface area contributed by atoms with Crippen LogP contribution in [0.2, 0.25) is 0 Å². The standard InChI is InChI=1S/C14H22N2O/c1-4-10-14(2,3)16-13(17)12(15)11-8-6-5-7-9-11/h5-9,12H,4,10,15H2,1-3H3,(H,16,17). The molecular formula is C14H22N2O. The van der Waals surface area contributed by atoms with Crippen molar-refractivity contribution in [3.8, 4) is 0 Å². The van der Waals surface area contributed by atoms with Crippen molar-refractivity contribution >= 4 is 5.91 Å². The molecule has 0 aliphatic carbocycles. The molecule has 1 atom stereocenters. The molecule has 0 heterocycles. The molecule has 0 saturated carbocycles. The molecule has 0 fully saturated rings. The highest BCUT2D eigenvalue weighted by Gasteiger charge is 2.23. The fraction of sp³-hybridized carbons (Fsp3) is 0.500. The maximum Gasteiger partial charge on any atom is 0.241 e. The Labute approximate surface area is 103 Å². The molecule has 0 aliphatic heterocycles. The van der Waals surface area contributed by atoms with Gasteiger partial charge in [0, 0.05) is 5.54 Å². The van der Waals surface area contributed by atoms with Crippen LogP contribution in [0.15, 0.2) is 30.3 Å². The van der Waals surface area contributed by atoms with E-state index in [1.165, 1.54) is 0 Å². The monoisotopic (exact) mass is 234 g/mol. The van der Waals surface area contributed by atoms with Crippen LogP contribution in [0.3, 0.4) is 0 Å². The zero-order valence-corrected chi connectivity index (χ0v) is 10.9. The Morgan fingerprint density at radius 2 is 1.94 bits per heavy atom. The van der Waals surface area contributed by atoms with Gasteiger partial charge in [0.15, 0.2) is 0 Å². The third-order valence-corrected chi connectivity index (χ3v) is 2.78. The smallest absolute Gasteiger partial charge is 0.241 e. The van der Waals surface area contributed by atoms with Crippen molar-refractivity contribution in [1.29, 1.82) is 0 Å². The second-order valence-corrected chi connectivity index (χ2v) is 5.01. The van der Waals surface area contributed by atoms with Gasteiger partial charge in [-0.3, -0.25) is 4.79 Å². The molecule has 1 amide bonds. The zero-order valence-electron chi connectivity index (χ0n) is 10.9. The molecule has 94 valence electrons. The van der Waals surface area contributed by atoms with Gasteiger partial charge in [-0.05, 0) is 25.8 Å². The molecule has 1 rings (SSSR count). The fourth-order valence-electron chi connectivity index (χ4n) is 1.91. The molecule has 17 heavy (non-hydrogen) atoms. The normalized spacial score (nSPS) is 13.2. The highest BCUT2D eigenvalue weighted by atomic mass is 16.2. The molecule has 0 saturated heterocycles. The lowest BCUT2D eigenvalue weighted by Gasteiger charge is -2.27. The van der Waals surface area contributed by atoms with Crippen LogP contribution in [-0.4, -0.2) is 11.4 Å². The number of nitrogens with two attached hydrogens (primary N) is 1. The number of benzene rings is 1. The summed E-state index contributed by atoms with van der Waals surface area (Å²) in [5, 5.41) is 2.99. The van der Waals surface area contributed by atoms with Crippen LogP contribution in [0.4, 0.5) is 0 Å². The predicted octanol–water partition coefficient (Wildman–Crippen LogP) is 2.38. The average Bonchev–Trinajstić information content (AvgIpc) is 2.28. The highest BCUT2D eigenvalue weighted by Crippen LogP contribution is 2.14. The summed E-state index contributed by atoms with van der Waals surface area (Å²) in [7, 11) is 0. The summed E-state index contributed by atoms with van der Waals surface area (Å²) in [4.78, 5) is 12.0. The summed E-state index contributed by atoms with van der Waals surface area (Å²) in [6, 6.07) is 8.84. The Morgan fingerprint density at radius 1 is 1.35 bits per heavy atom. The van der Waals surface area contributed by atoms with Gasteiger partial charge in [0.1, 0.15) is 6.04 Å². The van der Waals surface area contributed by atoms with Crippen molar-refractivity contribution in [1.82, 2.24) is 5.32 Å². The fourth-order valence-corrected chi connectivity index (χ4v) is 1.91. The predicted molar refractivity (Wildman–Crippen MR) is 70.5 cm³/mol. The lowest BCUT2D eigenvalue weighted by atomic mass is 9.97. The molecule has 0 aromatic heterocycles.